The zero-order chi connectivity index (χ0) is 9.07. The summed E-state index contributed by atoms with van der Waals surface area (Å²) in [5.74, 6) is 0. The lowest BCUT2D eigenvalue weighted by molar-refractivity contribution is 0.00890. The molecular formula is C9H21OP. The summed E-state index contributed by atoms with van der Waals surface area (Å²) in [5.41, 5.74) is 0.891. The van der Waals surface area contributed by atoms with Crippen molar-refractivity contribution in [1.29, 1.82) is 0 Å². The Morgan fingerprint density at radius 2 is 1.91 bits per heavy atom. The van der Waals surface area contributed by atoms with Gasteiger partial charge in [-0.3, -0.25) is 0 Å². The molecule has 0 aliphatic rings. The Labute approximate surface area is 73.1 Å². The Kier molecular flexibility index (Phi) is 4.58. The van der Waals surface area contributed by atoms with E-state index in [1.165, 1.54) is 0 Å². The number of hydrogen-bond acceptors (Lipinski definition) is 1. The summed E-state index contributed by atoms with van der Waals surface area (Å²) >= 11 is 0. The first-order valence-corrected chi connectivity index (χ1v) is 4.94. The first-order valence-electron chi connectivity index (χ1n) is 4.27. The van der Waals surface area contributed by atoms with Crippen molar-refractivity contribution in [2.75, 3.05) is 7.11 Å². The lowest BCUT2D eigenvalue weighted by Crippen LogP contribution is -2.37. The predicted octanol–water partition coefficient (Wildman–Crippen LogP) is 2.70. The third kappa shape index (κ3) is 2.42. The normalized spacial score (nSPS) is 22.4. The van der Waals surface area contributed by atoms with Crippen molar-refractivity contribution in [3.8, 4) is 0 Å². The molecule has 4 unspecified atom stereocenters. The maximum Gasteiger partial charge on any atom is 0.0602 e. The van der Waals surface area contributed by atoms with Gasteiger partial charge in [-0.2, -0.15) is 0 Å². The lowest BCUT2D eigenvalue weighted by Gasteiger charge is -2.37. The molecule has 0 bridgehead atoms. The summed E-state index contributed by atoms with van der Waals surface area (Å²) in [6, 6.07) is 0. The van der Waals surface area contributed by atoms with Gasteiger partial charge >= 0.3 is 0 Å². The fraction of sp³-hybridized carbons (Fsp3) is 1.00. The van der Waals surface area contributed by atoms with E-state index in [2.05, 4.69) is 36.9 Å². The second kappa shape index (κ2) is 4.42. The van der Waals surface area contributed by atoms with Crippen molar-refractivity contribution >= 4 is 9.24 Å². The molecule has 4 atom stereocenters. The predicted molar refractivity (Wildman–Crippen MR) is 54.0 cm³/mol. The Bertz CT molecular complexity index is 114. The molecule has 0 amide bonds. The highest BCUT2D eigenvalue weighted by atomic mass is 31.0. The monoisotopic (exact) mass is 176 g/mol. The summed E-state index contributed by atoms with van der Waals surface area (Å²) in [5, 5.41) is 0. The molecule has 0 rings (SSSR count). The topological polar surface area (TPSA) is 9.23 Å². The largest absolute Gasteiger partial charge is 0.381 e. The minimum absolute atomic E-state index is 0.291. The molecule has 0 aromatic heterocycles. The van der Waals surface area contributed by atoms with Crippen molar-refractivity contribution < 1.29 is 4.74 Å². The van der Waals surface area contributed by atoms with Gasteiger partial charge in [-0.25, -0.2) is 0 Å². The number of ether oxygens (including phenoxy) is 1. The van der Waals surface area contributed by atoms with Gasteiger partial charge in [0.15, 0.2) is 0 Å². The van der Waals surface area contributed by atoms with Crippen LogP contribution in [0.4, 0.5) is 0 Å². The summed E-state index contributed by atoms with van der Waals surface area (Å²) in [4.78, 5) is 0. The van der Waals surface area contributed by atoms with E-state index in [0.717, 1.165) is 6.42 Å². The quantitative estimate of drug-likeness (QED) is 0.598. The third-order valence-electron chi connectivity index (χ3n) is 3.08. The van der Waals surface area contributed by atoms with Gasteiger partial charge in [0.25, 0.3) is 0 Å². The first-order chi connectivity index (χ1) is 4.99. The maximum atomic E-state index is 5.35. The van der Waals surface area contributed by atoms with E-state index in [1.54, 1.807) is 7.11 Å². The average molecular weight is 176 g/mol. The van der Waals surface area contributed by atoms with Crippen LogP contribution in [0.15, 0.2) is 0 Å². The van der Waals surface area contributed by atoms with Gasteiger partial charge < -0.3 is 4.74 Å². The molecule has 0 aromatic carbocycles. The minimum atomic E-state index is 0.291. The Morgan fingerprint density at radius 1 is 1.45 bits per heavy atom. The summed E-state index contributed by atoms with van der Waals surface area (Å²) in [7, 11) is 4.65. The van der Waals surface area contributed by atoms with Crippen LogP contribution in [-0.2, 0) is 4.74 Å². The van der Waals surface area contributed by atoms with Crippen molar-refractivity contribution in [2.45, 2.75) is 45.9 Å². The Hall–Kier alpha value is 0.390. The van der Waals surface area contributed by atoms with E-state index < -0.39 is 0 Å². The summed E-state index contributed by atoms with van der Waals surface area (Å²) in [6.45, 7) is 8.86. The van der Waals surface area contributed by atoms with Crippen molar-refractivity contribution in [2.24, 2.45) is 5.41 Å². The molecule has 2 heteroatoms. The number of rotatable bonds is 4. The molecule has 0 heterocycles. The Morgan fingerprint density at radius 3 is 2.00 bits per heavy atom. The van der Waals surface area contributed by atoms with Gasteiger partial charge in [0.05, 0.1) is 6.10 Å². The van der Waals surface area contributed by atoms with E-state index in [9.17, 15) is 0 Å². The number of hydrogen-bond donors (Lipinski definition) is 0. The zero-order valence-corrected chi connectivity index (χ0v) is 9.50. The van der Waals surface area contributed by atoms with Crippen LogP contribution < -0.4 is 0 Å². The number of methoxy groups -OCH3 is 1. The van der Waals surface area contributed by atoms with Gasteiger partial charge in [-0.1, -0.05) is 20.8 Å². The maximum absolute atomic E-state index is 5.35. The second-order valence-corrected chi connectivity index (χ2v) is 4.53. The molecule has 0 N–H and O–H groups in total. The molecule has 11 heavy (non-hydrogen) atoms. The molecule has 0 aliphatic heterocycles. The zero-order valence-electron chi connectivity index (χ0n) is 8.35. The van der Waals surface area contributed by atoms with Crippen LogP contribution in [0.2, 0.25) is 0 Å². The lowest BCUT2D eigenvalue weighted by atomic mass is 9.79. The van der Waals surface area contributed by atoms with Gasteiger partial charge in [-0.15, -0.1) is 9.24 Å². The van der Waals surface area contributed by atoms with E-state index in [-0.39, 0.29) is 0 Å². The van der Waals surface area contributed by atoms with E-state index >= 15 is 0 Å². The van der Waals surface area contributed by atoms with Gasteiger partial charge in [0, 0.05) is 7.11 Å². The molecule has 0 radical (unpaired) electrons. The first kappa shape index (κ1) is 11.4. The second-order valence-electron chi connectivity index (χ2n) is 3.53. The van der Waals surface area contributed by atoms with Crippen molar-refractivity contribution in [3.63, 3.8) is 0 Å². The van der Waals surface area contributed by atoms with Crippen molar-refractivity contribution in [1.82, 2.24) is 0 Å². The average Bonchev–Trinajstić information content (AvgIpc) is 2.01. The van der Waals surface area contributed by atoms with Crippen LogP contribution in [0.3, 0.4) is 0 Å². The van der Waals surface area contributed by atoms with E-state index in [1.807, 2.05) is 0 Å². The molecular weight excluding hydrogens is 155 g/mol. The highest BCUT2D eigenvalue weighted by Crippen LogP contribution is 2.35. The molecule has 0 saturated heterocycles. The molecule has 68 valence electrons. The van der Waals surface area contributed by atoms with Crippen molar-refractivity contribution in [3.05, 3.63) is 0 Å². The minimum Gasteiger partial charge on any atom is -0.381 e. The van der Waals surface area contributed by atoms with Crippen LogP contribution in [-0.4, -0.2) is 18.9 Å². The molecule has 0 fully saturated rings. The van der Waals surface area contributed by atoms with Crippen LogP contribution in [0.1, 0.15) is 34.1 Å². The van der Waals surface area contributed by atoms with E-state index in [0.29, 0.717) is 17.2 Å². The molecule has 0 saturated carbocycles. The Balaban J connectivity index is 4.32. The fourth-order valence-electron chi connectivity index (χ4n) is 1.25. The third-order valence-corrected chi connectivity index (χ3v) is 3.85. The molecule has 0 spiro atoms. The highest BCUT2D eigenvalue weighted by molar-refractivity contribution is 7.17. The fourth-order valence-corrected chi connectivity index (χ4v) is 1.76. The molecule has 0 aliphatic carbocycles. The molecule has 1 nitrogen and oxygen atoms in total. The summed E-state index contributed by atoms with van der Waals surface area (Å²) in [6.07, 6.45) is 1.49. The van der Waals surface area contributed by atoms with Crippen LogP contribution >= 0.6 is 9.24 Å². The smallest absolute Gasteiger partial charge is 0.0602 e. The molecule has 0 aromatic rings. The van der Waals surface area contributed by atoms with E-state index in [4.69, 9.17) is 4.74 Å². The van der Waals surface area contributed by atoms with Gasteiger partial charge in [-0.05, 0) is 24.4 Å². The SMILES string of the molecule is CCC(C)(C(C)P)C(C)OC. The van der Waals surface area contributed by atoms with Crippen LogP contribution in [0.25, 0.3) is 0 Å². The van der Waals surface area contributed by atoms with Gasteiger partial charge in [0.1, 0.15) is 0 Å². The van der Waals surface area contributed by atoms with Crippen LogP contribution in [0, 0.1) is 5.41 Å². The van der Waals surface area contributed by atoms with Crippen LogP contribution in [0.5, 0.6) is 0 Å². The standard InChI is InChI=1S/C9H21OP/c1-6-9(4,8(3)11)7(2)10-5/h7-8H,6,11H2,1-5H3. The van der Waals surface area contributed by atoms with Gasteiger partial charge in [0.2, 0.25) is 0 Å². The highest BCUT2D eigenvalue weighted by Gasteiger charge is 2.32. The summed E-state index contributed by atoms with van der Waals surface area (Å²) < 4.78 is 5.35.